The van der Waals surface area contributed by atoms with Crippen LogP contribution in [0.15, 0.2) is 181 Å². The van der Waals surface area contributed by atoms with Gasteiger partial charge >= 0.3 is 24.1 Å². The fraction of sp³-hybridized carbons (Fsp3) is 0.294. The summed E-state index contributed by atoms with van der Waals surface area (Å²) in [6, 6.07) is 59.1. The lowest BCUT2D eigenvalue weighted by Crippen LogP contribution is -2.40. The van der Waals surface area contributed by atoms with Gasteiger partial charge in [-0.2, -0.15) is 20.4 Å². The van der Waals surface area contributed by atoms with E-state index in [4.69, 9.17) is 4.74 Å². The number of benzene rings is 8. The number of fused-ring (bicyclic) bond motifs is 4. The van der Waals surface area contributed by atoms with E-state index in [9.17, 15) is 19.2 Å². The number of H-pyrrole nitrogens is 4. The first-order valence-electron chi connectivity index (χ1n) is 37.3. The highest BCUT2D eigenvalue weighted by Crippen LogP contribution is 2.35. The molecule has 8 amide bonds. The zero-order valence-corrected chi connectivity index (χ0v) is 63.5. The summed E-state index contributed by atoms with van der Waals surface area (Å²) in [6.07, 6.45) is 8.59. The summed E-state index contributed by atoms with van der Waals surface area (Å²) in [4.78, 5) is 54.6. The number of nitrogens with zero attached hydrogens (tertiary/aromatic N) is 6. The Kier molecular flexibility index (Phi) is 25.6. The highest BCUT2D eigenvalue weighted by molar-refractivity contribution is 7.09. The van der Waals surface area contributed by atoms with E-state index in [-0.39, 0.29) is 30.2 Å². The van der Waals surface area contributed by atoms with Crippen molar-refractivity contribution >= 4 is 102 Å². The third-order valence-electron chi connectivity index (χ3n) is 19.7. The van der Waals surface area contributed by atoms with Gasteiger partial charge in [0.05, 0.1) is 29.2 Å². The van der Waals surface area contributed by atoms with Crippen LogP contribution in [-0.2, 0) is 6.42 Å². The van der Waals surface area contributed by atoms with Crippen molar-refractivity contribution in [3.8, 4) is 50.3 Å². The Morgan fingerprint density at radius 1 is 0.481 bits per heavy atom. The number of ether oxygens (including phenoxy) is 1. The highest BCUT2D eigenvalue weighted by atomic mass is 32.1. The summed E-state index contributed by atoms with van der Waals surface area (Å²) in [5.74, 6) is 3.73. The van der Waals surface area contributed by atoms with Crippen LogP contribution in [0.5, 0.6) is 5.75 Å². The maximum atomic E-state index is 12.5. The fourth-order valence-corrected chi connectivity index (χ4v) is 14.3. The Morgan fingerprint density at radius 3 is 1.52 bits per heavy atom. The number of methoxy groups -OCH3 is 1. The number of para-hydroxylation sites is 1. The number of piperidine rings is 2. The number of hydrogen-bond acceptors (Lipinski definition) is 11. The normalized spacial score (nSPS) is 13.0. The molecule has 0 atom stereocenters. The second-order valence-corrected chi connectivity index (χ2v) is 28.9. The molecule has 15 rings (SSSR count). The third-order valence-corrected chi connectivity index (χ3v) is 20.6. The second kappa shape index (κ2) is 36.5. The SMILES string of the molecule is CCC(CC)NC(=O)Nc1n[nH]c2cc(-c3ccccc3OC)ccc12.Cc1cc(C)cc(-c2ccc3c(NC(=O)NCCc4cccs4)n[nH]c3c2)c1.Cc1ccc(-c2ccc3c(NC(=O)NCCN4CCCCC4)n[nH]c3c2)cc1.Cc1cccc(-c2ccc3c(NC(=O)N4CCC(C)CC4)n[nH]c3c2)c1. The summed E-state index contributed by atoms with van der Waals surface area (Å²) >= 11 is 1.69. The first-order valence-corrected chi connectivity index (χ1v) is 38.2. The number of amides is 8. The molecule has 0 unspecified atom stereocenters. The van der Waals surface area contributed by atoms with Crippen molar-refractivity contribution in [2.45, 2.75) is 106 Å². The van der Waals surface area contributed by atoms with Crippen molar-refractivity contribution in [1.29, 1.82) is 0 Å². The molecule has 558 valence electrons. The largest absolute Gasteiger partial charge is 0.496 e. The average Bonchev–Trinajstić information content (AvgIpc) is 1.70. The summed E-state index contributed by atoms with van der Waals surface area (Å²) in [7, 11) is 1.66. The minimum absolute atomic E-state index is 0.0620. The van der Waals surface area contributed by atoms with Gasteiger partial charge in [0.2, 0.25) is 0 Å². The number of aromatic amines is 4. The molecule has 0 saturated carbocycles. The van der Waals surface area contributed by atoms with E-state index < -0.39 is 0 Å². The molecule has 7 heterocycles. The molecule has 5 aromatic heterocycles. The van der Waals surface area contributed by atoms with Crippen LogP contribution in [0.25, 0.3) is 88.1 Å². The Bertz CT molecular complexity index is 5160. The topological polar surface area (TPSA) is 283 Å². The van der Waals surface area contributed by atoms with Gasteiger partial charge in [0, 0.05) is 70.8 Å². The first-order chi connectivity index (χ1) is 52.5. The smallest absolute Gasteiger partial charge is 0.323 e. The number of likely N-dealkylation sites (tertiary alicyclic amines) is 2. The van der Waals surface area contributed by atoms with Crippen LogP contribution in [-0.4, -0.2) is 134 Å². The number of anilines is 4. The zero-order chi connectivity index (χ0) is 75.5. The monoisotopic (exact) mass is 1470 g/mol. The number of urea groups is 4. The molecule has 2 aliphatic rings. The van der Waals surface area contributed by atoms with E-state index in [1.54, 1.807) is 18.4 Å². The van der Waals surface area contributed by atoms with Gasteiger partial charge in [0.15, 0.2) is 23.3 Å². The number of aryl methyl sites for hydroxylation is 4. The van der Waals surface area contributed by atoms with E-state index >= 15 is 0 Å². The van der Waals surface area contributed by atoms with Crippen LogP contribution < -0.4 is 42.0 Å². The number of hydrogen-bond donors (Lipinski definition) is 11. The average molecular weight is 1470 g/mol. The molecule has 13 aromatic rings. The summed E-state index contributed by atoms with van der Waals surface area (Å²) in [5, 5.41) is 55.0. The number of carbonyl (C=O) groups excluding carboxylic acids is 4. The minimum Gasteiger partial charge on any atom is -0.496 e. The number of nitrogens with one attached hydrogen (secondary N) is 11. The molecule has 0 aliphatic carbocycles. The Morgan fingerprint density at radius 2 is 0.972 bits per heavy atom. The lowest BCUT2D eigenvalue weighted by molar-refractivity contribution is 0.186. The van der Waals surface area contributed by atoms with Crippen LogP contribution >= 0.6 is 11.3 Å². The van der Waals surface area contributed by atoms with Crippen molar-refractivity contribution in [1.82, 2.24) is 66.5 Å². The molecule has 23 heteroatoms. The van der Waals surface area contributed by atoms with Gasteiger partial charge in [-0.15, -0.1) is 11.3 Å². The molecule has 2 aliphatic heterocycles. The molecular weight excluding hydrogens is 1370 g/mol. The molecule has 2 fully saturated rings. The molecule has 2 saturated heterocycles. The standard InChI is InChI=1S/C22H27N5O.C22H22N4OS.C21H24N4O.C20H24N4O2/c1-16-5-7-17(8-6-16)18-9-10-19-20(15-18)25-26-21(19)24-22(28)23-11-14-27-12-3-2-4-13-27;1-14-10-15(2)12-17(11-14)16-5-6-19-20(13-16)25-26-21(19)24-22(27)23-8-7-18-4-3-9-28-18;1-14-8-10-25(11-9-14)21(26)22-20-18-7-6-17(13-19(18)23-24-20)16-5-3-4-15(2)12-16;1-4-14(5-2)21-20(25)22-19-16-11-10-13(12-17(16)23-24-19)15-8-6-7-9-18(15)26-3/h5-10,15H,2-4,11-14H2,1H3,(H3,23,24,25,26,28);3-6,9-13H,7-8H2,1-2H3,(H3,23,24,25,26,27);3-7,12-14H,8-11H2,1-2H3,(H2,22,23,24,26);6-12,14H,4-5H2,1-3H3,(H3,21,22,23,24,25). The van der Waals surface area contributed by atoms with Crippen LogP contribution in [0.1, 0.15) is 92.8 Å². The fourth-order valence-electron chi connectivity index (χ4n) is 13.5. The molecule has 0 radical (unpaired) electrons. The van der Waals surface area contributed by atoms with Gasteiger partial charge in [-0.05, 0) is 197 Å². The lowest BCUT2D eigenvalue weighted by Gasteiger charge is -2.30. The summed E-state index contributed by atoms with van der Waals surface area (Å²) < 4.78 is 5.44. The molecule has 0 bridgehead atoms. The predicted molar refractivity (Wildman–Crippen MR) is 439 cm³/mol. The Labute approximate surface area is 634 Å². The Hall–Kier alpha value is -11.8. The molecule has 0 spiro atoms. The number of aromatic nitrogens is 8. The van der Waals surface area contributed by atoms with E-state index in [2.05, 4.69) is 241 Å². The summed E-state index contributed by atoms with van der Waals surface area (Å²) in [6.45, 7) is 20.7. The van der Waals surface area contributed by atoms with Gasteiger partial charge in [0.25, 0.3) is 0 Å². The van der Waals surface area contributed by atoms with Gasteiger partial charge in [-0.3, -0.25) is 41.7 Å². The minimum atomic E-state index is -0.247. The van der Waals surface area contributed by atoms with Gasteiger partial charge < -0.3 is 30.5 Å². The van der Waals surface area contributed by atoms with Crippen molar-refractivity contribution in [3.63, 3.8) is 0 Å². The van der Waals surface area contributed by atoms with Crippen LogP contribution in [0.4, 0.5) is 42.4 Å². The maximum Gasteiger partial charge on any atom is 0.323 e. The molecule has 11 N–H and O–H groups in total. The summed E-state index contributed by atoms with van der Waals surface area (Å²) in [5.41, 5.74) is 17.4. The molecule has 8 aromatic carbocycles. The van der Waals surface area contributed by atoms with Gasteiger partial charge in [0.1, 0.15) is 5.75 Å². The second-order valence-electron chi connectivity index (χ2n) is 27.8. The molecule has 108 heavy (non-hydrogen) atoms. The van der Waals surface area contributed by atoms with Crippen molar-refractivity contribution in [3.05, 3.63) is 208 Å². The van der Waals surface area contributed by atoms with E-state index in [1.807, 2.05) is 77.0 Å². The van der Waals surface area contributed by atoms with E-state index in [0.29, 0.717) is 42.3 Å². The Balaban J connectivity index is 0.000000135. The van der Waals surface area contributed by atoms with E-state index in [0.717, 1.165) is 148 Å². The lowest BCUT2D eigenvalue weighted by atomic mass is 10.00. The van der Waals surface area contributed by atoms with Crippen molar-refractivity contribution in [2.75, 3.05) is 74.2 Å². The zero-order valence-electron chi connectivity index (χ0n) is 62.7. The van der Waals surface area contributed by atoms with E-state index in [1.165, 1.54) is 57.5 Å². The van der Waals surface area contributed by atoms with Crippen molar-refractivity contribution < 1.29 is 23.9 Å². The van der Waals surface area contributed by atoms with Gasteiger partial charge in [-0.25, -0.2) is 19.2 Å². The molecular formula is C85H97N17O5S. The van der Waals surface area contributed by atoms with Gasteiger partial charge in [-0.1, -0.05) is 165 Å². The molecule has 22 nitrogen and oxygen atoms in total. The third kappa shape index (κ3) is 20.0. The van der Waals surface area contributed by atoms with Crippen LogP contribution in [0.2, 0.25) is 0 Å². The van der Waals surface area contributed by atoms with Crippen LogP contribution in [0, 0.1) is 33.6 Å². The predicted octanol–water partition coefficient (Wildman–Crippen LogP) is 18.8. The number of rotatable bonds is 18. The maximum absolute atomic E-state index is 12.5. The highest BCUT2D eigenvalue weighted by Gasteiger charge is 2.23. The van der Waals surface area contributed by atoms with Crippen molar-refractivity contribution in [2.24, 2.45) is 5.92 Å². The van der Waals surface area contributed by atoms with Crippen LogP contribution in [0.3, 0.4) is 0 Å². The number of carbonyl (C=O) groups is 4. The quantitative estimate of drug-likeness (QED) is 0.0386. The number of thiophene rings is 1. The first kappa shape index (κ1) is 75.8.